The smallest absolute Gasteiger partial charge is 0.410 e. The van der Waals surface area contributed by atoms with Crippen LogP contribution in [-0.2, 0) is 30.6 Å². The zero-order chi connectivity index (χ0) is 26.5. The summed E-state index contributed by atoms with van der Waals surface area (Å²) in [6.07, 6.45) is 1.46. The molecule has 2 aromatic rings. The minimum absolute atomic E-state index is 0.0753. The molecule has 10 heteroatoms. The molecule has 0 aromatic heterocycles. The van der Waals surface area contributed by atoms with Crippen LogP contribution < -0.4 is 11.1 Å². The number of benzene rings is 2. The molecular weight excluding hydrogens is 482 g/mol. The minimum atomic E-state index is -3.67. The molecular formula is C26H33N3O6S. The molecule has 2 aromatic carbocycles. The lowest BCUT2D eigenvalue weighted by Crippen LogP contribution is -2.56. The molecule has 9 nitrogen and oxygen atoms in total. The predicted octanol–water partition coefficient (Wildman–Crippen LogP) is 2.82. The second-order valence-corrected chi connectivity index (χ2v) is 11.8. The van der Waals surface area contributed by atoms with Crippen molar-refractivity contribution < 1.29 is 27.5 Å². The van der Waals surface area contributed by atoms with Gasteiger partial charge in [0, 0.05) is 13.0 Å². The molecule has 0 aliphatic carbocycles. The highest BCUT2D eigenvalue weighted by Crippen LogP contribution is 2.23. The highest BCUT2D eigenvalue weighted by Gasteiger charge is 2.36. The van der Waals surface area contributed by atoms with Crippen LogP contribution in [0, 0.1) is 0 Å². The molecule has 3 rings (SSSR count). The number of primary amides is 1. The summed E-state index contributed by atoms with van der Waals surface area (Å²) in [6.45, 7) is 5.64. The van der Waals surface area contributed by atoms with Crippen LogP contribution in [0.5, 0.6) is 0 Å². The molecule has 1 aliphatic heterocycles. The number of nitrogens with one attached hydrogen (secondary N) is 1. The summed E-state index contributed by atoms with van der Waals surface area (Å²) in [7, 11) is -3.67. The first kappa shape index (κ1) is 27.2. The predicted molar refractivity (Wildman–Crippen MR) is 134 cm³/mol. The number of carbonyl (C=O) groups is 3. The lowest BCUT2D eigenvalue weighted by atomic mass is 10.0. The van der Waals surface area contributed by atoms with E-state index >= 15 is 0 Å². The van der Waals surface area contributed by atoms with Crippen molar-refractivity contribution in [3.63, 3.8) is 0 Å². The van der Waals surface area contributed by atoms with Gasteiger partial charge >= 0.3 is 6.09 Å². The van der Waals surface area contributed by atoms with Crippen LogP contribution in [0.15, 0.2) is 64.4 Å². The molecule has 0 spiro atoms. The maximum absolute atomic E-state index is 13.1. The van der Waals surface area contributed by atoms with Crippen LogP contribution in [0.3, 0.4) is 0 Å². The Morgan fingerprint density at radius 1 is 1.03 bits per heavy atom. The number of hydrogen-bond acceptors (Lipinski definition) is 6. The van der Waals surface area contributed by atoms with Crippen LogP contribution >= 0.6 is 0 Å². The van der Waals surface area contributed by atoms with Gasteiger partial charge in [-0.05, 0) is 69.9 Å². The molecule has 0 bridgehead atoms. The molecule has 3 N–H and O–H groups in total. The maximum Gasteiger partial charge on any atom is 0.410 e. The molecule has 1 fully saturated rings. The number of amides is 3. The summed E-state index contributed by atoms with van der Waals surface area (Å²) < 4.78 is 31.0. The Hall–Kier alpha value is -3.40. The molecule has 3 amide bonds. The third-order valence-corrected chi connectivity index (χ3v) is 7.61. The Labute approximate surface area is 211 Å². The van der Waals surface area contributed by atoms with E-state index in [1.165, 1.54) is 29.2 Å². The third kappa shape index (κ3) is 6.84. The van der Waals surface area contributed by atoms with Gasteiger partial charge in [-0.1, -0.05) is 30.3 Å². The molecule has 1 heterocycles. The van der Waals surface area contributed by atoms with Gasteiger partial charge in [0.05, 0.1) is 9.79 Å². The molecule has 36 heavy (non-hydrogen) atoms. The van der Waals surface area contributed by atoms with E-state index in [0.29, 0.717) is 18.5 Å². The van der Waals surface area contributed by atoms with Gasteiger partial charge in [0.1, 0.15) is 17.7 Å². The Morgan fingerprint density at radius 2 is 1.64 bits per heavy atom. The van der Waals surface area contributed by atoms with E-state index in [-0.39, 0.29) is 16.2 Å². The Kier molecular flexibility index (Phi) is 8.39. The average molecular weight is 516 g/mol. The molecule has 1 saturated heterocycles. The van der Waals surface area contributed by atoms with Gasteiger partial charge in [-0.2, -0.15) is 0 Å². The van der Waals surface area contributed by atoms with Gasteiger partial charge in [-0.25, -0.2) is 13.2 Å². The van der Waals surface area contributed by atoms with Gasteiger partial charge in [-0.3, -0.25) is 14.5 Å². The van der Waals surface area contributed by atoms with Crippen LogP contribution in [0.1, 0.15) is 45.6 Å². The lowest BCUT2D eigenvalue weighted by Gasteiger charge is -2.36. The van der Waals surface area contributed by atoms with Crippen molar-refractivity contribution in [2.45, 2.75) is 73.9 Å². The number of rotatable bonds is 7. The van der Waals surface area contributed by atoms with E-state index < -0.39 is 45.4 Å². The van der Waals surface area contributed by atoms with E-state index in [4.69, 9.17) is 10.5 Å². The zero-order valence-corrected chi connectivity index (χ0v) is 21.6. The summed E-state index contributed by atoms with van der Waals surface area (Å²) in [5, 5.41) is 2.67. The fraction of sp³-hybridized carbons (Fsp3) is 0.423. The topological polar surface area (TPSA) is 136 Å². The second-order valence-electron chi connectivity index (χ2n) is 9.81. The molecule has 0 radical (unpaired) electrons. The molecule has 2 atom stereocenters. The summed E-state index contributed by atoms with van der Waals surface area (Å²) in [5.74, 6) is -1.21. The Morgan fingerprint density at radius 3 is 2.22 bits per heavy atom. The Balaban J connectivity index is 1.71. The van der Waals surface area contributed by atoms with Crippen LogP contribution in [0.2, 0.25) is 0 Å². The monoisotopic (exact) mass is 515 g/mol. The number of hydrogen-bond donors (Lipinski definition) is 2. The summed E-state index contributed by atoms with van der Waals surface area (Å²) in [6, 6.07) is 12.4. The summed E-state index contributed by atoms with van der Waals surface area (Å²) >= 11 is 0. The van der Waals surface area contributed by atoms with Crippen molar-refractivity contribution in [3.8, 4) is 0 Å². The number of nitrogens with two attached hydrogens (primary N) is 1. The number of carbonyl (C=O) groups excluding carboxylic acids is 3. The minimum Gasteiger partial charge on any atom is -0.444 e. The van der Waals surface area contributed by atoms with Gasteiger partial charge < -0.3 is 15.8 Å². The second kappa shape index (κ2) is 11.1. The van der Waals surface area contributed by atoms with Crippen molar-refractivity contribution in [3.05, 3.63) is 60.2 Å². The fourth-order valence-corrected chi connectivity index (χ4v) is 5.29. The normalized spacial score (nSPS) is 17.2. The Bertz CT molecular complexity index is 1190. The van der Waals surface area contributed by atoms with Crippen LogP contribution in [-0.4, -0.2) is 55.5 Å². The van der Waals surface area contributed by atoms with E-state index in [2.05, 4.69) is 5.32 Å². The molecule has 194 valence electrons. The zero-order valence-electron chi connectivity index (χ0n) is 20.8. The SMILES string of the molecule is CC(C)(C)OC(=O)N1CCCCC1C(=O)NC(Cc1ccc(S(=O)(=O)c2ccccc2)cc1)C(N)=O. The first-order valence-electron chi connectivity index (χ1n) is 11.9. The quantitative estimate of drug-likeness (QED) is 0.582. The van der Waals surface area contributed by atoms with E-state index in [9.17, 15) is 22.8 Å². The molecule has 0 saturated carbocycles. The summed E-state index contributed by atoms with van der Waals surface area (Å²) in [5.41, 5.74) is 5.48. The standard InChI is InChI=1S/C26H33N3O6S/c1-26(2,3)35-25(32)29-16-8-7-11-22(29)24(31)28-21(23(27)30)17-18-12-14-20(15-13-18)36(33,34)19-9-5-4-6-10-19/h4-6,9-10,12-15,21-22H,7-8,11,16-17H2,1-3H3,(H2,27,30)(H,28,31). The van der Waals surface area contributed by atoms with Crippen molar-refractivity contribution in [2.24, 2.45) is 5.73 Å². The number of sulfone groups is 1. The van der Waals surface area contributed by atoms with Gasteiger partial charge in [-0.15, -0.1) is 0 Å². The number of nitrogens with zero attached hydrogens (tertiary/aromatic N) is 1. The van der Waals surface area contributed by atoms with E-state index in [0.717, 1.165) is 12.8 Å². The number of piperidine rings is 1. The van der Waals surface area contributed by atoms with Crippen molar-refractivity contribution in [1.82, 2.24) is 10.2 Å². The van der Waals surface area contributed by atoms with Crippen LogP contribution in [0.4, 0.5) is 4.79 Å². The average Bonchev–Trinajstić information content (AvgIpc) is 2.83. The highest BCUT2D eigenvalue weighted by atomic mass is 32.2. The maximum atomic E-state index is 13.1. The van der Waals surface area contributed by atoms with Gasteiger partial charge in [0.25, 0.3) is 0 Å². The van der Waals surface area contributed by atoms with Gasteiger partial charge in [0.2, 0.25) is 21.7 Å². The third-order valence-electron chi connectivity index (χ3n) is 5.82. The highest BCUT2D eigenvalue weighted by molar-refractivity contribution is 7.91. The van der Waals surface area contributed by atoms with Crippen molar-refractivity contribution in [1.29, 1.82) is 0 Å². The molecule has 2 unspecified atom stereocenters. The number of likely N-dealkylation sites (tertiary alicyclic amines) is 1. The van der Waals surface area contributed by atoms with E-state index in [1.807, 2.05) is 0 Å². The first-order chi connectivity index (χ1) is 16.9. The first-order valence-corrected chi connectivity index (χ1v) is 13.4. The largest absolute Gasteiger partial charge is 0.444 e. The van der Waals surface area contributed by atoms with E-state index in [1.54, 1.807) is 51.1 Å². The summed E-state index contributed by atoms with van der Waals surface area (Å²) in [4.78, 5) is 39.6. The number of ether oxygens (including phenoxy) is 1. The van der Waals surface area contributed by atoms with Crippen LogP contribution in [0.25, 0.3) is 0 Å². The van der Waals surface area contributed by atoms with Crippen molar-refractivity contribution >= 4 is 27.7 Å². The molecule has 1 aliphatic rings. The lowest BCUT2D eigenvalue weighted by molar-refractivity contribution is -0.131. The van der Waals surface area contributed by atoms with Gasteiger partial charge in [0.15, 0.2) is 0 Å². The fourth-order valence-electron chi connectivity index (χ4n) is 4.01. The van der Waals surface area contributed by atoms with Crippen molar-refractivity contribution in [2.75, 3.05) is 6.54 Å².